The van der Waals surface area contributed by atoms with Crippen LogP contribution in [0.2, 0.25) is 19.6 Å². The normalized spacial score (nSPS) is 11.9. The third-order valence-electron chi connectivity index (χ3n) is 2.63. The van der Waals surface area contributed by atoms with Crippen LogP contribution in [0.15, 0.2) is 29.8 Å². The number of hydrogen-bond acceptors (Lipinski definition) is 5. The number of ketones is 1. The van der Waals surface area contributed by atoms with Crippen LogP contribution in [0.3, 0.4) is 0 Å². The number of ether oxygens (including phenoxy) is 1. The molecule has 1 aromatic carbocycles. The lowest BCUT2D eigenvalue weighted by Crippen LogP contribution is -2.30. The Hall–Kier alpha value is -2.28. The number of esters is 1. The number of rotatable bonds is 6. The van der Waals surface area contributed by atoms with Gasteiger partial charge in [0.1, 0.15) is 5.57 Å². The molecule has 0 atom stereocenters. The van der Waals surface area contributed by atoms with Crippen molar-refractivity contribution in [3.05, 3.63) is 45.5 Å². The van der Waals surface area contributed by atoms with Gasteiger partial charge in [-0.2, -0.15) is 0 Å². The Balaban J connectivity index is 3.05. The van der Waals surface area contributed by atoms with Crippen molar-refractivity contribution in [3.8, 4) is 0 Å². The zero-order valence-electron chi connectivity index (χ0n) is 13.1. The number of nitrogens with zero attached hydrogens (tertiary/aromatic N) is 1. The van der Waals surface area contributed by atoms with Gasteiger partial charge in [0, 0.05) is 12.1 Å². The number of hydrogen-bond donors (Lipinski definition) is 0. The summed E-state index contributed by atoms with van der Waals surface area (Å²) < 4.78 is 5.18. The van der Waals surface area contributed by atoms with Gasteiger partial charge in [0.15, 0.2) is 5.78 Å². The maximum atomic E-state index is 12.0. The molecule has 0 heterocycles. The lowest BCUT2D eigenvalue weighted by Gasteiger charge is -2.16. The summed E-state index contributed by atoms with van der Waals surface area (Å²) in [6.45, 7) is 7.38. The van der Waals surface area contributed by atoms with Crippen LogP contribution in [0.5, 0.6) is 0 Å². The highest BCUT2D eigenvalue weighted by Crippen LogP contribution is 2.17. The number of carbonyl (C=O) groups excluding carboxylic acids is 2. The van der Waals surface area contributed by atoms with Crippen molar-refractivity contribution in [1.29, 1.82) is 0 Å². The molecule has 7 heteroatoms. The Labute approximate surface area is 129 Å². The van der Waals surface area contributed by atoms with Gasteiger partial charge in [-0.05, 0) is 18.6 Å². The van der Waals surface area contributed by atoms with E-state index in [4.69, 9.17) is 4.74 Å². The Bertz CT molecular complexity index is 631. The van der Waals surface area contributed by atoms with E-state index in [0.29, 0.717) is 11.8 Å². The molecule has 0 spiro atoms. The first-order valence-electron chi connectivity index (χ1n) is 6.74. The number of benzene rings is 1. The molecule has 118 valence electrons. The molecule has 0 saturated heterocycles. The van der Waals surface area contributed by atoms with Crippen LogP contribution in [-0.4, -0.2) is 31.0 Å². The molecule has 0 amide bonds. The third-order valence-corrected chi connectivity index (χ3v) is 3.64. The molecule has 0 aliphatic rings. The third kappa shape index (κ3) is 5.61. The fourth-order valence-corrected chi connectivity index (χ4v) is 2.12. The summed E-state index contributed by atoms with van der Waals surface area (Å²) in [6, 6.07) is 5.72. The minimum absolute atomic E-state index is 0.105. The van der Waals surface area contributed by atoms with E-state index in [0.717, 1.165) is 0 Å². The molecule has 0 aliphatic carbocycles. The van der Waals surface area contributed by atoms with Crippen LogP contribution in [0.1, 0.15) is 12.5 Å². The molecule has 0 aliphatic heterocycles. The molecule has 0 fully saturated rings. The Kier molecular flexibility index (Phi) is 5.75. The largest absolute Gasteiger partial charge is 0.466 e. The van der Waals surface area contributed by atoms with E-state index in [2.05, 4.69) is 0 Å². The van der Waals surface area contributed by atoms with Gasteiger partial charge in [-0.15, -0.1) is 0 Å². The smallest absolute Gasteiger partial charge is 0.341 e. The summed E-state index contributed by atoms with van der Waals surface area (Å²) in [5.41, 5.74) is 0.190. The standard InChI is InChI=1S/C15H19NO5Si/c1-11(17)14(15(18)21-10-22(2,3)4)9-12-6-5-7-13(8-12)16(19)20/h5-9H,10H2,1-4H3/b14-9+. The van der Waals surface area contributed by atoms with Gasteiger partial charge in [-0.25, -0.2) is 4.79 Å². The van der Waals surface area contributed by atoms with E-state index in [1.165, 1.54) is 31.2 Å². The van der Waals surface area contributed by atoms with E-state index in [1.807, 2.05) is 19.6 Å². The van der Waals surface area contributed by atoms with Crippen LogP contribution in [0, 0.1) is 10.1 Å². The topological polar surface area (TPSA) is 86.5 Å². The molecule has 1 rings (SSSR count). The first kappa shape index (κ1) is 17.8. The minimum atomic E-state index is -1.59. The number of non-ortho nitro benzene ring substituents is 1. The molecular formula is C15H19NO5Si. The van der Waals surface area contributed by atoms with Crippen molar-refractivity contribution in [1.82, 2.24) is 0 Å². The second kappa shape index (κ2) is 7.12. The van der Waals surface area contributed by atoms with E-state index >= 15 is 0 Å². The summed E-state index contributed by atoms with van der Waals surface area (Å²) in [4.78, 5) is 33.9. The second-order valence-electron chi connectivity index (χ2n) is 6.10. The van der Waals surface area contributed by atoms with Gasteiger partial charge in [0.2, 0.25) is 0 Å². The lowest BCUT2D eigenvalue weighted by atomic mass is 10.1. The first-order chi connectivity index (χ1) is 10.1. The molecule has 0 unspecified atom stereocenters. The quantitative estimate of drug-likeness (QED) is 0.153. The van der Waals surface area contributed by atoms with Crippen molar-refractivity contribution < 1.29 is 19.2 Å². The van der Waals surface area contributed by atoms with Gasteiger partial charge in [-0.3, -0.25) is 14.9 Å². The maximum absolute atomic E-state index is 12.0. The zero-order valence-corrected chi connectivity index (χ0v) is 14.1. The van der Waals surface area contributed by atoms with Crippen molar-refractivity contribution in [3.63, 3.8) is 0 Å². The van der Waals surface area contributed by atoms with Crippen molar-refractivity contribution in [2.24, 2.45) is 0 Å². The van der Waals surface area contributed by atoms with Crippen LogP contribution in [0.4, 0.5) is 5.69 Å². The summed E-state index contributed by atoms with van der Waals surface area (Å²) >= 11 is 0. The predicted octanol–water partition coefficient (Wildman–Crippen LogP) is 2.99. The molecule has 1 aromatic rings. The first-order valence-corrected chi connectivity index (χ1v) is 10.4. The van der Waals surface area contributed by atoms with Gasteiger partial charge in [0.25, 0.3) is 5.69 Å². The minimum Gasteiger partial charge on any atom is -0.466 e. The van der Waals surface area contributed by atoms with Crippen LogP contribution in [0.25, 0.3) is 6.08 Å². The predicted molar refractivity (Wildman–Crippen MR) is 86.1 cm³/mol. The van der Waals surface area contributed by atoms with Gasteiger partial charge < -0.3 is 4.74 Å². The van der Waals surface area contributed by atoms with Gasteiger partial charge >= 0.3 is 5.97 Å². The Morgan fingerprint density at radius 2 is 1.95 bits per heavy atom. The summed E-state index contributed by atoms with van der Waals surface area (Å²) in [5, 5.41) is 10.8. The second-order valence-corrected chi connectivity index (χ2v) is 11.5. The SMILES string of the molecule is CC(=O)/C(=C\c1cccc([N+](=O)[O-])c1)C(=O)OC[Si](C)(C)C. The van der Waals surface area contributed by atoms with Gasteiger partial charge in [0.05, 0.1) is 19.2 Å². The summed E-state index contributed by atoms with van der Waals surface area (Å²) in [7, 11) is -1.59. The highest BCUT2D eigenvalue weighted by atomic mass is 28.3. The zero-order chi connectivity index (χ0) is 16.9. The monoisotopic (exact) mass is 321 g/mol. The fraction of sp³-hybridized carbons (Fsp3) is 0.333. The van der Waals surface area contributed by atoms with E-state index < -0.39 is 24.7 Å². The highest BCUT2D eigenvalue weighted by molar-refractivity contribution is 6.76. The fourth-order valence-electron chi connectivity index (χ4n) is 1.56. The van der Waals surface area contributed by atoms with E-state index in [1.54, 1.807) is 6.07 Å². The summed E-state index contributed by atoms with van der Waals surface area (Å²) in [6.07, 6.45) is 1.63. The molecule has 22 heavy (non-hydrogen) atoms. The van der Waals surface area contributed by atoms with Crippen molar-refractivity contribution >= 4 is 31.6 Å². The number of Topliss-reactive ketones (excluding diaryl/α,β-unsaturated/α-hetero) is 1. The Morgan fingerprint density at radius 3 is 2.45 bits per heavy atom. The number of carbonyl (C=O) groups is 2. The Morgan fingerprint density at radius 1 is 1.32 bits per heavy atom. The molecule has 0 saturated carbocycles. The molecule has 0 aromatic heterocycles. The number of nitro benzene ring substituents is 1. The average molecular weight is 321 g/mol. The van der Waals surface area contributed by atoms with E-state index in [-0.39, 0.29) is 11.3 Å². The van der Waals surface area contributed by atoms with Crippen LogP contribution >= 0.6 is 0 Å². The lowest BCUT2D eigenvalue weighted by molar-refractivity contribution is -0.384. The van der Waals surface area contributed by atoms with Crippen LogP contribution in [-0.2, 0) is 14.3 Å². The molecule has 0 N–H and O–H groups in total. The maximum Gasteiger partial charge on any atom is 0.341 e. The highest BCUT2D eigenvalue weighted by Gasteiger charge is 2.21. The number of nitro groups is 1. The molecule has 0 bridgehead atoms. The van der Waals surface area contributed by atoms with E-state index in [9.17, 15) is 19.7 Å². The molecule has 0 radical (unpaired) electrons. The molecule has 6 nitrogen and oxygen atoms in total. The average Bonchev–Trinajstić information content (AvgIpc) is 2.41. The van der Waals surface area contributed by atoms with Crippen molar-refractivity contribution in [2.45, 2.75) is 26.6 Å². The van der Waals surface area contributed by atoms with Crippen LogP contribution < -0.4 is 0 Å². The van der Waals surface area contributed by atoms with Gasteiger partial charge in [-0.1, -0.05) is 31.8 Å². The van der Waals surface area contributed by atoms with Crippen molar-refractivity contribution in [2.75, 3.05) is 6.23 Å². The summed E-state index contributed by atoms with van der Waals surface area (Å²) in [5.74, 6) is -1.13. The molecular weight excluding hydrogens is 302 g/mol.